The largest absolute Gasteiger partial charge is 0.457 e. The van der Waals surface area contributed by atoms with Crippen molar-refractivity contribution in [2.24, 2.45) is 0 Å². The third-order valence-corrected chi connectivity index (χ3v) is 3.77. The molecular formula is C19H13NO3. The number of ether oxygens (including phenoxy) is 2. The molecule has 0 bridgehead atoms. The Bertz CT molecular complexity index is 816. The Hall–Kier alpha value is -3.14. The summed E-state index contributed by atoms with van der Waals surface area (Å²) in [6.45, 7) is 0. The van der Waals surface area contributed by atoms with Gasteiger partial charge in [0.1, 0.15) is 23.2 Å². The first-order valence-corrected chi connectivity index (χ1v) is 7.30. The summed E-state index contributed by atoms with van der Waals surface area (Å²) in [6.07, 6.45) is 3.16. The fourth-order valence-corrected chi connectivity index (χ4v) is 2.75. The van der Waals surface area contributed by atoms with Crippen molar-refractivity contribution in [1.29, 1.82) is 0 Å². The van der Waals surface area contributed by atoms with Crippen molar-refractivity contribution in [3.63, 3.8) is 0 Å². The van der Waals surface area contributed by atoms with Gasteiger partial charge in [0.2, 0.25) is 0 Å². The molecule has 3 aromatic rings. The molecule has 4 rings (SSSR count). The van der Waals surface area contributed by atoms with Gasteiger partial charge in [0.25, 0.3) is 0 Å². The summed E-state index contributed by atoms with van der Waals surface area (Å²) in [7, 11) is 0. The highest BCUT2D eigenvalue weighted by molar-refractivity contribution is 5.86. The Balaban J connectivity index is 1.77. The average Bonchev–Trinajstić information content (AvgIpc) is 2.60. The minimum absolute atomic E-state index is 0.346. The van der Waals surface area contributed by atoms with Crippen LogP contribution in [-0.4, -0.2) is 11.0 Å². The lowest BCUT2D eigenvalue weighted by molar-refractivity contribution is -0.135. The molecule has 0 N–H and O–H groups in total. The van der Waals surface area contributed by atoms with Gasteiger partial charge in [-0.1, -0.05) is 36.4 Å². The minimum Gasteiger partial charge on any atom is -0.457 e. The molecule has 2 aromatic carbocycles. The van der Waals surface area contributed by atoms with Gasteiger partial charge in [-0.25, -0.2) is 0 Å². The van der Waals surface area contributed by atoms with Crippen LogP contribution in [0.5, 0.6) is 17.2 Å². The molecule has 1 aliphatic rings. The van der Waals surface area contributed by atoms with Crippen LogP contribution < -0.4 is 9.47 Å². The number of hydrogen-bond donors (Lipinski definition) is 0. The molecule has 112 valence electrons. The van der Waals surface area contributed by atoms with Crippen LogP contribution in [0.2, 0.25) is 0 Å². The molecule has 1 aromatic heterocycles. The molecule has 0 atom stereocenters. The monoisotopic (exact) mass is 303 g/mol. The van der Waals surface area contributed by atoms with Crippen molar-refractivity contribution >= 4 is 5.97 Å². The van der Waals surface area contributed by atoms with E-state index in [0.29, 0.717) is 17.2 Å². The standard InChI is InChI=1S/C19H13NO3/c21-19(22-13-6-5-11-20-12-13)18-14-7-1-3-9-16(14)23-17-10-4-2-8-15(17)18/h1-12,18H. The maximum absolute atomic E-state index is 12.8. The molecule has 0 amide bonds. The quantitative estimate of drug-likeness (QED) is 0.673. The number of hydrogen-bond acceptors (Lipinski definition) is 4. The Kier molecular flexibility index (Phi) is 3.27. The van der Waals surface area contributed by atoms with Gasteiger partial charge in [-0.15, -0.1) is 0 Å². The Labute approximate surface area is 133 Å². The predicted octanol–water partition coefficient (Wildman–Crippen LogP) is 3.92. The molecule has 4 heteroatoms. The van der Waals surface area contributed by atoms with Crippen molar-refractivity contribution < 1.29 is 14.3 Å². The van der Waals surface area contributed by atoms with Crippen LogP contribution in [0.25, 0.3) is 0 Å². The number of pyridine rings is 1. The number of para-hydroxylation sites is 2. The maximum atomic E-state index is 12.8. The number of benzene rings is 2. The summed E-state index contributed by atoms with van der Waals surface area (Å²) in [5.74, 6) is 0.926. The van der Waals surface area contributed by atoms with Crippen LogP contribution >= 0.6 is 0 Å². The van der Waals surface area contributed by atoms with E-state index in [0.717, 1.165) is 11.1 Å². The van der Waals surface area contributed by atoms with Gasteiger partial charge in [-0.2, -0.15) is 0 Å². The molecule has 0 saturated heterocycles. The molecule has 0 fully saturated rings. The number of nitrogens with zero attached hydrogens (tertiary/aromatic N) is 1. The zero-order valence-electron chi connectivity index (χ0n) is 12.2. The molecule has 4 nitrogen and oxygen atoms in total. The van der Waals surface area contributed by atoms with Gasteiger partial charge in [0.15, 0.2) is 0 Å². The Morgan fingerprint density at radius 2 is 1.57 bits per heavy atom. The lowest BCUT2D eigenvalue weighted by Crippen LogP contribution is -2.23. The van der Waals surface area contributed by atoms with Gasteiger partial charge in [-0.3, -0.25) is 9.78 Å². The van der Waals surface area contributed by atoms with Gasteiger partial charge >= 0.3 is 5.97 Å². The molecular weight excluding hydrogens is 290 g/mol. The van der Waals surface area contributed by atoms with Crippen molar-refractivity contribution in [2.75, 3.05) is 0 Å². The van der Waals surface area contributed by atoms with E-state index in [9.17, 15) is 4.79 Å². The molecule has 0 unspecified atom stereocenters. The Morgan fingerprint density at radius 1 is 0.913 bits per heavy atom. The topological polar surface area (TPSA) is 48.4 Å². The van der Waals surface area contributed by atoms with Crippen molar-refractivity contribution in [3.8, 4) is 17.2 Å². The number of carbonyl (C=O) groups excluding carboxylic acids is 1. The van der Waals surface area contributed by atoms with Gasteiger partial charge in [0, 0.05) is 17.3 Å². The lowest BCUT2D eigenvalue weighted by atomic mass is 9.88. The van der Waals surface area contributed by atoms with Crippen molar-refractivity contribution in [2.45, 2.75) is 5.92 Å². The second-order valence-electron chi connectivity index (χ2n) is 5.22. The predicted molar refractivity (Wildman–Crippen MR) is 84.7 cm³/mol. The number of carbonyl (C=O) groups is 1. The van der Waals surface area contributed by atoms with E-state index >= 15 is 0 Å². The van der Waals surface area contributed by atoms with Crippen LogP contribution in [0.1, 0.15) is 17.0 Å². The number of rotatable bonds is 2. The summed E-state index contributed by atoms with van der Waals surface area (Å²) >= 11 is 0. The van der Waals surface area contributed by atoms with Crippen LogP contribution in [0.15, 0.2) is 73.1 Å². The minimum atomic E-state index is -0.517. The maximum Gasteiger partial charge on any atom is 0.323 e. The van der Waals surface area contributed by atoms with Gasteiger partial charge in [-0.05, 0) is 24.3 Å². The second-order valence-corrected chi connectivity index (χ2v) is 5.22. The van der Waals surface area contributed by atoms with Crippen LogP contribution in [0.3, 0.4) is 0 Å². The summed E-state index contributed by atoms with van der Waals surface area (Å²) in [5.41, 5.74) is 1.61. The lowest BCUT2D eigenvalue weighted by Gasteiger charge is -2.26. The fourth-order valence-electron chi connectivity index (χ4n) is 2.75. The molecule has 0 radical (unpaired) electrons. The molecule has 2 heterocycles. The van der Waals surface area contributed by atoms with Crippen molar-refractivity contribution in [1.82, 2.24) is 4.98 Å². The number of esters is 1. The van der Waals surface area contributed by atoms with E-state index in [1.807, 2.05) is 48.5 Å². The summed E-state index contributed by atoms with van der Waals surface area (Å²) < 4.78 is 11.4. The van der Waals surface area contributed by atoms with Crippen LogP contribution in [0, 0.1) is 0 Å². The number of fused-ring (bicyclic) bond motifs is 2. The zero-order chi connectivity index (χ0) is 15.6. The van der Waals surface area contributed by atoms with E-state index in [1.54, 1.807) is 18.3 Å². The summed E-state index contributed by atoms with van der Waals surface area (Å²) in [4.78, 5) is 16.8. The molecule has 23 heavy (non-hydrogen) atoms. The zero-order valence-corrected chi connectivity index (χ0v) is 12.2. The van der Waals surface area contributed by atoms with Crippen LogP contribution in [-0.2, 0) is 4.79 Å². The van der Waals surface area contributed by atoms with Crippen LogP contribution in [0.4, 0.5) is 0 Å². The van der Waals surface area contributed by atoms with E-state index in [-0.39, 0.29) is 5.97 Å². The van der Waals surface area contributed by atoms with Gasteiger partial charge < -0.3 is 9.47 Å². The van der Waals surface area contributed by atoms with E-state index in [1.165, 1.54) is 6.20 Å². The first-order chi connectivity index (χ1) is 11.3. The molecule has 1 aliphatic heterocycles. The first kappa shape index (κ1) is 13.5. The summed E-state index contributed by atoms with van der Waals surface area (Å²) in [5, 5.41) is 0. The van der Waals surface area contributed by atoms with Gasteiger partial charge in [0.05, 0.1) is 6.20 Å². The highest BCUT2D eigenvalue weighted by atomic mass is 16.5. The Morgan fingerprint density at radius 3 is 2.17 bits per heavy atom. The highest BCUT2D eigenvalue weighted by Crippen LogP contribution is 2.44. The third kappa shape index (κ3) is 2.44. The van der Waals surface area contributed by atoms with E-state index < -0.39 is 5.92 Å². The summed E-state index contributed by atoms with van der Waals surface area (Å²) in [6, 6.07) is 18.5. The van der Waals surface area contributed by atoms with Crippen molar-refractivity contribution in [3.05, 3.63) is 84.2 Å². The normalized spacial score (nSPS) is 12.7. The van der Waals surface area contributed by atoms with E-state index in [4.69, 9.17) is 9.47 Å². The molecule has 0 aliphatic carbocycles. The average molecular weight is 303 g/mol. The third-order valence-electron chi connectivity index (χ3n) is 3.77. The smallest absolute Gasteiger partial charge is 0.323 e. The second kappa shape index (κ2) is 5.57. The number of aromatic nitrogens is 1. The fraction of sp³-hybridized carbons (Fsp3) is 0.0526. The molecule has 0 saturated carbocycles. The first-order valence-electron chi connectivity index (χ1n) is 7.30. The SMILES string of the molecule is O=C(Oc1cccnc1)C1c2ccccc2Oc2ccccc21. The molecule has 0 spiro atoms. The van der Waals surface area contributed by atoms with E-state index in [2.05, 4.69) is 4.98 Å². The highest BCUT2D eigenvalue weighted by Gasteiger charge is 2.33.